The van der Waals surface area contributed by atoms with Crippen molar-refractivity contribution < 1.29 is 0 Å². The van der Waals surface area contributed by atoms with E-state index in [-0.39, 0.29) is 0 Å². The van der Waals surface area contributed by atoms with Crippen LogP contribution in [0.25, 0.3) is 0 Å². The summed E-state index contributed by atoms with van der Waals surface area (Å²) in [7, 11) is 0. The van der Waals surface area contributed by atoms with Crippen molar-refractivity contribution in [3.05, 3.63) is 0 Å². The average Bonchev–Trinajstić information content (AvgIpc) is 2.52. The summed E-state index contributed by atoms with van der Waals surface area (Å²) in [5.41, 5.74) is 6.47. The maximum absolute atomic E-state index is 6.11. The van der Waals surface area contributed by atoms with Gasteiger partial charge in [-0.1, -0.05) is 13.8 Å². The Bertz CT molecular complexity index is 229. The Morgan fingerprint density at radius 1 is 1.12 bits per heavy atom. The second kappa shape index (κ2) is 5.05. The first kappa shape index (κ1) is 12.4. The molecule has 3 atom stereocenters. The van der Waals surface area contributed by atoms with E-state index in [1.54, 1.807) is 0 Å². The van der Waals surface area contributed by atoms with Crippen LogP contribution in [0.4, 0.5) is 0 Å². The van der Waals surface area contributed by atoms with Gasteiger partial charge in [-0.2, -0.15) is 0 Å². The molecular formula is C14H28N2. The van der Waals surface area contributed by atoms with Crippen molar-refractivity contribution in [2.45, 2.75) is 57.9 Å². The van der Waals surface area contributed by atoms with E-state index in [1.807, 2.05) is 0 Å². The van der Waals surface area contributed by atoms with Gasteiger partial charge in [-0.25, -0.2) is 0 Å². The smallest absolute Gasteiger partial charge is 0.0334 e. The Kier molecular flexibility index (Phi) is 3.91. The van der Waals surface area contributed by atoms with Crippen molar-refractivity contribution in [2.75, 3.05) is 19.6 Å². The predicted molar refractivity (Wildman–Crippen MR) is 69.4 cm³/mol. The fourth-order valence-corrected chi connectivity index (χ4v) is 3.71. The molecule has 0 aromatic rings. The molecule has 16 heavy (non-hydrogen) atoms. The predicted octanol–water partition coefficient (Wildman–Crippen LogP) is 2.63. The molecule has 1 saturated carbocycles. The van der Waals surface area contributed by atoms with Crippen LogP contribution in [-0.4, -0.2) is 30.1 Å². The SMILES string of the molecule is CC1CCCN(C2(CN)CCC(C)C2)CC1. The van der Waals surface area contributed by atoms with E-state index in [0.717, 1.165) is 18.4 Å². The standard InChI is InChI=1S/C14H28N2/c1-12-4-3-8-16(9-6-12)14(11-15)7-5-13(2)10-14/h12-13H,3-11,15H2,1-2H3. The molecule has 1 aliphatic carbocycles. The average molecular weight is 224 g/mol. The third-order valence-electron chi connectivity index (χ3n) is 4.90. The first-order valence-corrected chi connectivity index (χ1v) is 7.11. The van der Waals surface area contributed by atoms with Crippen LogP contribution < -0.4 is 5.73 Å². The summed E-state index contributed by atoms with van der Waals surface area (Å²) in [5, 5.41) is 0. The third kappa shape index (κ3) is 2.43. The highest BCUT2D eigenvalue weighted by Crippen LogP contribution is 2.39. The molecule has 3 unspecified atom stereocenters. The second-order valence-electron chi connectivity index (χ2n) is 6.30. The van der Waals surface area contributed by atoms with E-state index in [4.69, 9.17) is 5.73 Å². The largest absolute Gasteiger partial charge is 0.329 e. The molecule has 0 aromatic heterocycles. The van der Waals surface area contributed by atoms with Crippen molar-refractivity contribution in [3.63, 3.8) is 0 Å². The quantitative estimate of drug-likeness (QED) is 0.781. The molecule has 0 radical (unpaired) electrons. The zero-order valence-corrected chi connectivity index (χ0v) is 11.0. The van der Waals surface area contributed by atoms with E-state index >= 15 is 0 Å². The van der Waals surface area contributed by atoms with E-state index in [9.17, 15) is 0 Å². The van der Waals surface area contributed by atoms with E-state index in [2.05, 4.69) is 18.7 Å². The Balaban J connectivity index is 2.03. The van der Waals surface area contributed by atoms with Gasteiger partial charge in [-0.15, -0.1) is 0 Å². The molecule has 2 fully saturated rings. The normalized spacial score (nSPS) is 42.2. The molecule has 0 spiro atoms. The van der Waals surface area contributed by atoms with Crippen LogP contribution in [0.15, 0.2) is 0 Å². The minimum absolute atomic E-state index is 0.365. The van der Waals surface area contributed by atoms with Gasteiger partial charge in [0.05, 0.1) is 0 Å². The summed E-state index contributed by atoms with van der Waals surface area (Å²) >= 11 is 0. The summed E-state index contributed by atoms with van der Waals surface area (Å²) in [6.07, 6.45) is 8.19. The molecule has 2 rings (SSSR count). The van der Waals surface area contributed by atoms with E-state index < -0.39 is 0 Å². The molecule has 0 aromatic carbocycles. The summed E-state index contributed by atoms with van der Waals surface area (Å²) in [6, 6.07) is 0. The minimum atomic E-state index is 0.365. The topological polar surface area (TPSA) is 29.3 Å². The van der Waals surface area contributed by atoms with E-state index in [1.165, 1.54) is 51.6 Å². The first-order valence-electron chi connectivity index (χ1n) is 7.11. The number of hydrogen-bond acceptors (Lipinski definition) is 2. The number of hydrogen-bond donors (Lipinski definition) is 1. The number of nitrogens with two attached hydrogens (primary N) is 1. The molecule has 1 saturated heterocycles. The number of rotatable bonds is 2. The van der Waals surface area contributed by atoms with Crippen LogP contribution in [0.5, 0.6) is 0 Å². The number of likely N-dealkylation sites (tertiary alicyclic amines) is 1. The van der Waals surface area contributed by atoms with Gasteiger partial charge < -0.3 is 5.73 Å². The molecule has 1 heterocycles. The van der Waals surface area contributed by atoms with Crippen molar-refractivity contribution in [1.82, 2.24) is 4.90 Å². The van der Waals surface area contributed by atoms with Gasteiger partial charge in [-0.3, -0.25) is 4.90 Å². The minimum Gasteiger partial charge on any atom is -0.329 e. The molecule has 2 heteroatoms. The van der Waals surface area contributed by atoms with Crippen LogP contribution in [0, 0.1) is 11.8 Å². The molecule has 1 aliphatic heterocycles. The van der Waals surface area contributed by atoms with Gasteiger partial charge in [-0.05, 0) is 63.5 Å². The maximum Gasteiger partial charge on any atom is 0.0334 e. The van der Waals surface area contributed by atoms with Crippen LogP contribution in [-0.2, 0) is 0 Å². The van der Waals surface area contributed by atoms with Crippen LogP contribution in [0.3, 0.4) is 0 Å². The summed E-state index contributed by atoms with van der Waals surface area (Å²) in [6.45, 7) is 8.22. The van der Waals surface area contributed by atoms with E-state index in [0.29, 0.717) is 5.54 Å². The molecule has 0 bridgehead atoms. The lowest BCUT2D eigenvalue weighted by Gasteiger charge is -2.40. The summed E-state index contributed by atoms with van der Waals surface area (Å²) in [4.78, 5) is 2.74. The highest BCUT2D eigenvalue weighted by atomic mass is 15.2. The van der Waals surface area contributed by atoms with Crippen LogP contribution in [0.2, 0.25) is 0 Å². The van der Waals surface area contributed by atoms with Crippen molar-refractivity contribution in [1.29, 1.82) is 0 Å². The van der Waals surface area contributed by atoms with Gasteiger partial charge in [0, 0.05) is 12.1 Å². The molecular weight excluding hydrogens is 196 g/mol. The first-order chi connectivity index (χ1) is 7.66. The zero-order chi connectivity index (χ0) is 11.6. The molecule has 0 amide bonds. The molecule has 94 valence electrons. The molecule has 2 N–H and O–H groups in total. The highest BCUT2D eigenvalue weighted by molar-refractivity contribution is 4.98. The van der Waals surface area contributed by atoms with Crippen LogP contribution >= 0.6 is 0 Å². The highest BCUT2D eigenvalue weighted by Gasteiger charge is 2.41. The lowest BCUT2D eigenvalue weighted by Crippen LogP contribution is -2.52. The third-order valence-corrected chi connectivity index (χ3v) is 4.90. The lowest BCUT2D eigenvalue weighted by molar-refractivity contribution is 0.0988. The van der Waals surface area contributed by atoms with Crippen molar-refractivity contribution >= 4 is 0 Å². The fourth-order valence-electron chi connectivity index (χ4n) is 3.71. The fraction of sp³-hybridized carbons (Fsp3) is 1.00. The van der Waals surface area contributed by atoms with Gasteiger partial charge >= 0.3 is 0 Å². The van der Waals surface area contributed by atoms with Gasteiger partial charge in [0.2, 0.25) is 0 Å². The van der Waals surface area contributed by atoms with Crippen molar-refractivity contribution in [2.24, 2.45) is 17.6 Å². The lowest BCUT2D eigenvalue weighted by atomic mass is 9.93. The summed E-state index contributed by atoms with van der Waals surface area (Å²) in [5.74, 6) is 1.79. The van der Waals surface area contributed by atoms with Crippen molar-refractivity contribution in [3.8, 4) is 0 Å². The Labute approximate surface area is 101 Å². The molecule has 2 nitrogen and oxygen atoms in total. The number of nitrogens with zero attached hydrogens (tertiary/aromatic N) is 1. The zero-order valence-electron chi connectivity index (χ0n) is 11.0. The Morgan fingerprint density at radius 2 is 1.94 bits per heavy atom. The van der Waals surface area contributed by atoms with Gasteiger partial charge in [0.15, 0.2) is 0 Å². The summed E-state index contributed by atoms with van der Waals surface area (Å²) < 4.78 is 0. The Hall–Kier alpha value is -0.0800. The van der Waals surface area contributed by atoms with Gasteiger partial charge in [0.25, 0.3) is 0 Å². The van der Waals surface area contributed by atoms with Crippen LogP contribution in [0.1, 0.15) is 52.4 Å². The van der Waals surface area contributed by atoms with Gasteiger partial charge in [0.1, 0.15) is 0 Å². The molecule has 2 aliphatic rings. The second-order valence-corrected chi connectivity index (χ2v) is 6.30. The monoisotopic (exact) mass is 224 g/mol. The maximum atomic E-state index is 6.11. The Morgan fingerprint density at radius 3 is 2.56 bits per heavy atom.